The monoisotopic (exact) mass is 1040 g/mol. The van der Waals surface area contributed by atoms with Crippen molar-refractivity contribution in [2.75, 3.05) is 13.1 Å². The second-order valence-electron chi connectivity index (χ2n) is 16.8. The molecule has 1 aliphatic rings. The van der Waals surface area contributed by atoms with Crippen LogP contribution in [0.25, 0.3) is 0 Å². The van der Waals surface area contributed by atoms with E-state index in [4.69, 9.17) is 16.6 Å². The second kappa shape index (κ2) is 29.2. The number of aliphatic carboxylic acids is 4. The van der Waals surface area contributed by atoms with Gasteiger partial charge in [0, 0.05) is 38.6 Å². The Balaban J connectivity index is 2.52. The highest BCUT2D eigenvalue weighted by Crippen LogP contribution is 2.37. The smallest absolute Gasteiger partial charge is 0.481 e. The first-order chi connectivity index (χ1) is 33.6. The van der Waals surface area contributed by atoms with Crippen LogP contribution in [-0.4, -0.2) is 162 Å². The number of carbonyl (C=O) groups is 12. The number of carbonyl (C=O) groups excluding carboxylic acids is 8. The Hall–Kier alpha value is -7.23. The lowest BCUT2D eigenvalue weighted by Crippen LogP contribution is -2.60. The van der Waals surface area contributed by atoms with E-state index in [1.807, 2.05) is 0 Å². The van der Waals surface area contributed by atoms with Crippen molar-refractivity contribution >= 4 is 79.0 Å². The van der Waals surface area contributed by atoms with Crippen LogP contribution in [-0.2, 0) is 68.5 Å². The zero-order chi connectivity index (χ0) is 54.5. The van der Waals surface area contributed by atoms with Gasteiger partial charge in [-0.25, -0.2) is 9.36 Å². The van der Waals surface area contributed by atoms with Crippen LogP contribution in [0, 0.1) is 5.92 Å². The topological polar surface area (TPSA) is 480 Å². The van der Waals surface area contributed by atoms with E-state index < -0.39 is 185 Å². The predicted octanol–water partition coefficient (Wildman–Crippen LogP) is -3.45. The van der Waals surface area contributed by atoms with Crippen LogP contribution in [0.3, 0.4) is 0 Å². The summed E-state index contributed by atoms with van der Waals surface area (Å²) in [7, 11) is -5.03. The third kappa shape index (κ3) is 21.8. The molecule has 0 bridgehead atoms. The standard InChI is InChI=1S/C42H62N9O20P/c1-3-21(2)35(41(65)51-18-4-5-29(51)42(66)67)50-39(63)27(13-17-34(58)59)47-38(62)26(12-16-33(56)57)48-40(64)28(19-22-6-8-23(9-7-22)71-72(68,69)70)49-37(61)25(11-14-30(44)52)46-31(53)20-45-36(60)24(43)10-15-32(54)55/h6-9,21,24-29,35H,3-5,10-20,43H2,1-2H3,(H2,44,52)(H,45,60)(H,46,53)(H,47,62)(H,48,64)(H,49,61)(H,50,63)(H,54,55)(H,56,57)(H,58,59)(H,66,67)(H2,68,69,70)/t21-,24-,25-,26-,27-,28-,29-,35-/m0/s1. The minimum absolute atomic E-state index is 0.0667. The van der Waals surface area contributed by atoms with Gasteiger partial charge in [-0.3, -0.25) is 62.5 Å². The van der Waals surface area contributed by atoms with Crippen molar-refractivity contribution in [2.45, 2.75) is 133 Å². The molecule has 30 heteroatoms. The lowest BCUT2D eigenvalue weighted by molar-refractivity contribution is -0.150. The van der Waals surface area contributed by atoms with Gasteiger partial charge >= 0.3 is 31.7 Å². The highest BCUT2D eigenvalue weighted by Gasteiger charge is 2.40. The van der Waals surface area contributed by atoms with E-state index in [2.05, 4.69) is 36.4 Å². The number of phosphoric ester groups is 1. The Morgan fingerprint density at radius 2 is 1.17 bits per heavy atom. The van der Waals surface area contributed by atoms with Crippen LogP contribution in [0.5, 0.6) is 5.75 Å². The summed E-state index contributed by atoms with van der Waals surface area (Å²) in [4.78, 5) is 173. The van der Waals surface area contributed by atoms with Crippen molar-refractivity contribution in [3.63, 3.8) is 0 Å². The Kier molecular flexibility index (Phi) is 24.7. The molecule has 8 amide bonds. The molecule has 1 aromatic rings. The van der Waals surface area contributed by atoms with Gasteiger partial charge in [-0.1, -0.05) is 32.4 Å². The lowest BCUT2D eigenvalue weighted by atomic mass is 9.96. The molecule has 16 N–H and O–H groups in total. The lowest BCUT2D eigenvalue weighted by Gasteiger charge is -2.32. The molecule has 29 nitrogen and oxygen atoms in total. The van der Waals surface area contributed by atoms with Crippen molar-refractivity contribution in [2.24, 2.45) is 17.4 Å². The van der Waals surface area contributed by atoms with Gasteiger partial charge in [0.2, 0.25) is 47.3 Å². The van der Waals surface area contributed by atoms with Crippen LogP contribution in [0.15, 0.2) is 24.3 Å². The van der Waals surface area contributed by atoms with Gasteiger partial charge in [0.1, 0.15) is 42.0 Å². The Bertz CT molecular complexity index is 2210. The fourth-order valence-electron chi connectivity index (χ4n) is 7.07. The normalized spacial score (nSPS) is 16.2. The molecule has 1 heterocycles. The van der Waals surface area contributed by atoms with Crippen molar-refractivity contribution in [1.82, 2.24) is 36.8 Å². The molecule has 2 rings (SSSR count). The summed E-state index contributed by atoms with van der Waals surface area (Å²) in [5, 5.41) is 51.5. The first-order valence-electron chi connectivity index (χ1n) is 22.5. The number of rotatable bonds is 32. The summed E-state index contributed by atoms with van der Waals surface area (Å²) in [6, 6.07) is -6.34. The molecule has 0 saturated carbocycles. The maximum absolute atomic E-state index is 14.2. The van der Waals surface area contributed by atoms with Gasteiger partial charge < -0.3 is 73.2 Å². The van der Waals surface area contributed by atoms with Crippen LogP contribution in [0.4, 0.5) is 0 Å². The minimum atomic E-state index is -5.03. The summed E-state index contributed by atoms with van der Waals surface area (Å²) in [6.07, 6.45) is -4.29. The summed E-state index contributed by atoms with van der Waals surface area (Å²) in [5.74, 6) is -14.7. The maximum Gasteiger partial charge on any atom is 0.524 e. The molecule has 0 aliphatic carbocycles. The highest BCUT2D eigenvalue weighted by atomic mass is 31.2. The second-order valence-corrected chi connectivity index (χ2v) is 17.9. The summed E-state index contributed by atoms with van der Waals surface area (Å²) < 4.78 is 15.9. The molecule has 0 spiro atoms. The number of primary amides is 1. The van der Waals surface area contributed by atoms with E-state index in [0.717, 1.165) is 17.0 Å². The fourth-order valence-corrected chi connectivity index (χ4v) is 7.47. The Morgan fingerprint density at radius 3 is 1.65 bits per heavy atom. The van der Waals surface area contributed by atoms with E-state index >= 15 is 0 Å². The maximum atomic E-state index is 14.2. The van der Waals surface area contributed by atoms with Crippen molar-refractivity contribution in [3.05, 3.63) is 29.8 Å². The molecular weight excluding hydrogens is 981 g/mol. The van der Waals surface area contributed by atoms with Crippen molar-refractivity contribution in [3.8, 4) is 5.75 Å². The number of benzene rings is 1. The third-order valence-electron chi connectivity index (χ3n) is 11.1. The zero-order valence-corrected chi connectivity index (χ0v) is 40.2. The van der Waals surface area contributed by atoms with Gasteiger partial charge in [-0.15, -0.1) is 0 Å². The molecule has 1 fully saturated rings. The van der Waals surface area contributed by atoms with E-state index in [1.165, 1.54) is 12.1 Å². The van der Waals surface area contributed by atoms with Crippen LogP contribution in [0.2, 0.25) is 0 Å². The Labute approximate surface area is 411 Å². The molecule has 0 radical (unpaired) electrons. The van der Waals surface area contributed by atoms with E-state index in [9.17, 15) is 87.2 Å². The first kappa shape index (κ1) is 60.9. The fraction of sp³-hybridized carbons (Fsp3) is 0.571. The van der Waals surface area contributed by atoms with Crippen LogP contribution >= 0.6 is 7.82 Å². The molecule has 0 aromatic heterocycles. The predicted molar refractivity (Wildman–Crippen MR) is 244 cm³/mol. The molecule has 1 aliphatic heterocycles. The SMILES string of the molecule is CC[C@H](C)[C@H](NC(=O)[C@H](CCC(=O)O)NC(=O)[C@H](CCC(=O)O)NC(=O)[C@H](Cc1ccc(OP(=O)(O)O)cc1)NC(=O)[C@H](CCC(N)=O)NC(=O)CNC(=O)[C@@H](N)CCC(=O)O)C(=O)N1CCC[C@H]1C(=O)O. The highest BCUT2D eigenvalue weighted by molar-refractivity contribution is 7.46. The van der Waals surface area contributed by atoms with Gasteiger partial charge in [0.05, 0.1) is 12.6 Å². The number of nitrogens with two attached hydrogens (primary N) is 2. The summed E-state index contributed by atoms with van der Waals surface area (Å²) in [5.41, 5.74) is 11.1. The van der Waals surface area contributed by atoms with Crippen LogP contribution in [0.1, 0.15) is 90.0 Å². The number of nitrogens with zero attached hydrogens (tertiary/aromatic N) is 1. The molecule has 1 saturated heterocycles. The van der Waals surface area contributed by atoms with Gasteiger partial charge in [-0.05, 0) is 62.1 Å². The summed E-state index contributed by atoms with van der Waals surface area (Å²) >= 11 is 0. The average molecular weight is 1040 g/mol. The molecule has 72 heavy (non-hydrogen) atoms. The minimum Gasteiger partial charge on any atom is -0.481 e. The first-order valence-corrected chi connectivity index (χ1v) is 24.0. The zero-order valence-electron chi connectivity index (χ0n) is 39.3. The number of carboxylic acids is 4. The largest absolute Gasteiger partial charge is 0.524 e. The number of nitrogens with one attached hydrogen (secondary N) is 6. The molecule has 1 aromatic carbocycles. The van der Waals surface area contributed by atoms with Gasteiger partial charge in [-0.2, -0.15) is 0 Å². The number of hydrogen-bond acceptors (Lipinski definition) is 15. The molecule has 0 unspecified atom stereocenters. The number of amides is 8. The molecular formula is C42H62N9O20P. The Morgan fingerprint density at radius 1 is 0.694 bits per heavy atom. The molecule has 8 atom stereocenters. The average Bonchev–Trinajstić information content (AvgIpc) is 3.80. The quantitative estimate of drug-likeness (QED) is 0.0312. The number of phosphoric acid groups is 1. The van der Waals surface area contributed by atoms with Gasteiger partial charge in [0.25, 0.3) is 0 Å². The van der Waals surface area contributed by atoms with E-state index in [1.54, 1.807) is 13.8 Å². The summed E-state index contributed by atoms with van der Waals surface area (Å²) in [6.45, 7) is 2.54. The number of carboxylic acid groups (broad SMARTS) is 4. The van der Waals surface area contributed by atoms with Crippen LogP contribution < -0.4 is 47.9 Å². The third-order valence-corrected chi connectivity index (χ3v) is 11.6. The molecule has 400 valence electrons. The van der Waals surface area contributed by atoms with E-state index in [-0.39, 0.29) is 30.7 Å². The number of likely N-dealkylation sites (tertiary alicyclic amines) is 1. The number of hydrogen-bond donors (Lipinski definition) is 14. The van der Waals surface area contributed by atoms with E-state index in [0.29, 0.717) is 12.8 Å². The van der Waals surface area contributed by atoms with Crippen molar-refractivity contribution < 1.29 is 96.8 Å². The van der Waals surface area contributed by atoms with Crippen molar-refractivity contribution in [1.29, 1.82) is 0 Å². The van der Waals surface area contributed by atoms with Gasteiger partial charge in [0.15, 0.2) is 0 Å².